The van der Waals surface area contributed by atoms with Gasteiger partial charge in [0.25, 0.3) is 0 Å². The molecule has 1 unspecified atom stereocenters. The number of nitrogens with one attached hydrogen (secondary N) is 2. The first-order valence-electron chi connectivity index (χ1n) is 7.81. The zero-order valence-corrected chi connectivity index (χ0v) is 13.2. The van der Waals surface area contributed by atoms with Gasteiger partial charge in [-0.1, -0.05) is 31.0 Å². The molecular weight excluding hydrogens is 264 g/mol. The van der Waals surface area contributed by atoms with E-state index in [-0.39, 0.29) is 18.0 Å². The van der Waals surface area contributed by atoms with E-state index in [4.69, 9.17) is 4.74 Å². The average molecular weight is 290 g/mol. The van der Waals surface area contributed by atoms with E-state index >= 15 is 0 Å². The van der Waals surface area contributed by atoms with Crippen molar-refractivity contribution in [1.82, 2.24) is 10.6 Å². The standard InChI is InChI=1S/C17H26N2O2/c1-12(15-10-6-7-11-16(15)21-3)18-13(2)17(20)19-14-8-4-5-9-14/h6-7,10-14,18H,4-5,8-9H2,1-3H3,(H,19,20)/t12-,13?/m1/s1. The Hall–Kier alpha value is -1.55. The summed E-state index contributed by atoms with van der Waals surface area (Å²) in [6.07, 6.45) is 4.68. The van der Waals surface area contributed by atoms with Gasteiger partial charge in [-0.15, -0.1) is 0 Å². The van der Waals surface area contributed by atoms with Crippen molar-refractivity contribution in [3.63, 3.8) is 0 Å². The highest BCUT2D eigenvalue weighted by atomic mass is 16.5. The molecule has 0 saturated heterocycles. The Morgan fingerprint density at radius 2 is 1.90 bits per heavy atom. The van der Waals surface area contributed by atoms with Crippen molar-refractivity contribution in [2.24, 2.45) is 0 Å². The van der Waals surface area contributed by atoms with Crippen molar-refractivity contribution in [3.8, 4) is 5.75 Å². The second-order valence-electron chi connectivity index (χ2n) is 5.84. The van der Waals surface area contributed by atoms with E-state index in [1.807, 2.05) is 31.2 Å². The molecule has 0 aromatic heterocycles. The molecular formula is C17H26N2O2. The predicted octanol–water partition coefficient (Wildman–Crippen LogP) is 2.79. The first kappa shape index (κ1) is 15.8. The quantitative estimate of drug-likeness (QED) is 0.847. The summed E-state index contributed by atoms with van der Waals surface area (Å²) in [6.45, 7) is 3.97. The minimum atomic E-state index is -0.217. The maximum atomic E-state index is 12.2. The Balaban J connectivity index is 1.91. The van der Waals surface area contributed by atoms with Gasteiger partial charge in [0.05, 0.1) is 13.2 Å². The van der Waals surface area contributed by atoms with Gasteiger partial charge in [-0.25, -0.2) is 0 Å². The van der Waals surface area contributed by atoms with Crippen LogP contribution in [0.1, 0.15) is 51.1 Å². The summed E-state index contributed by atoms with van der Waals surface area (Å²) in [6, 6.07) is 8.11. The van der Waals surface area contributed by atoms with Crippen LogP contribution in [-0.2, 0) is 4.79 Å². The lowest BCUT2D eigenvalue weighted by Gasteiger charge is -2.23. The van der Waals surface area contributed by atoms with Gasteiger partial charge in [0.1, 0.15) is 5.75 Å². The number of hydrogen-bond donors (Lipinski definition) is 2. The highest BCUT2D eigenvalue weighted by Crippen LogP contribution is 2.24. The van der Waals surface area contributed by atoms with Crippen LogP contribution >= 0.6 is 0 Å². The number of benzene rings is 1. The number of amides is 1. The van der Waals surface area contributed by atoms with E-state index < -0.39 is 0 Å². The van der Waals surface area contributed by atoms with Crippen LogP contribution in [0.5, 0.6) is 5.75 Å². The molecule has 2 atom stereocenters. The van der Waals surface area contributed by atoms with E-state index in [9.17, 15) is 4.79 Å². The minimum Gasteiger partial charge on any atom is -0.496 e. The van der Waals surface area contributed by atoms with Crippen LogP contribution in [0.3, 0.4) is 0 Å². The van der Waals surface area contributed by atoms with Gasteiger partial charge in [0, 0.05) is 17.6 Å². The number of carbonyl (C=O) groups excluding carboxylic acids is 1. The Morgan fingerprint density at radius 3 is 2.57 bits per heavy atom. The third-order valence-electron chi connectivity index (χ3n) is 4.20. The van der Waals surface area contributed by atoms with Gasteiger partial charge in [0.15, 0.2) is 0 Å². The van der Waals surface area contributed by atoms with Crippen LogP contribution in [0.15, 0.2) is 24.3 Å². The molecule has 1 fully saturated rings. The lowest BCUT2D eigenvalue weighted by molar-refractivity contribution is -0.123. The molecule has 116 valence electrons. The van der Waals surface area contributed by atoms with Gasteiger partial charge in [-0.05, 0) is 32.8 Å². The molecule has 21 heavy (non-hydrogen) atoms. The van der Waals surface area contributed by atoms with Gasteiger partial charge >= 0.3 is 0 Å². The Morgan fingerprint density at radius 1 is 1.24 bits per heavy atom. The summed E-state index contributed by atoms with van der Waals surface area (Å²) < 4.78 is 5.38. The van der Waals surface area contributed by atoms with Crippen molar-refractivity contribution in [3.05, 3.63) is 29.8 Å². The lowest BCUT2D eigenvalue weighted by atomic mass is 10.1. The Bertz CT molecular complexity index is 470. The molecule has 0 aliphatic heterocycles. The normalized spacial score (nSPS) is 18.2. The number of carbonyl (C=O) groups is 1. The minimum absolute atomic E-state index is 0.0606. The first-order chi connectivity index (χ1) is 10.1. The topological polar surface area (TPSA) is 50.4 Å². The first-order valence-corrected chi connectivity index (χ1v) is 7.81. The van der Waals surface area contributed by atoms with Gasteiger partial charge in [0.2, 0.25) is 5.91 Å². The molecule has 0 radical (unpaired) electrons. The third kappa shape index (κ3) is 4.21. The van der Waals surface area contributed by atoms with Crippen LogP contribution in [0.4, 0.5) is 0 Å². The van der Waals surface area contributed by atoms with E-state index in [0.29, 0.717) is 6.04 Å². The van der Waals surface area contributed by atoms with Gasteiger partial charge < -0.3 is 10.1 Å². The molecule has 1 saturated carbocycles. The number of para-hydroxylation sites is 1. The molecule has 1 aromatic carbocycles. The van der Waals surface area contributed by atoms with Gasteiger partial charge in [-0.2, -0.15) is 0 Å². The summed E-state index contributed by atoms with van der Waals surface area (Å²) in [5, 5.41) is 6.48. The maximum Gasteiger partial charge on any atom is 0.237 e. The third-order valence-corrected chi connectivity index (χ3v) is 4.20. The number of ether oxygens (including phenoxy) is 1. The molecule has 1 aliphatic rings. The molecule has 1 amide bonds. The van der Waals surface area contributed by atoms with Crippen molar-refractivity contribution in [2.75, 3.05) is 7.11 Å². The maximum absolute atomic E-state index is 12.2. The molecule has 0 bridgehead atoms. The van der Waals surface area contributed by atoms with Crippen LogP contribution < -0.4 is 15.4 Å². The number of rotatable bonds is 6. The zero-order valence-electron chi connectivity index (χ0n) is 13.2. The summed E-state index contributed by atoms with van der Waals surface area (Å²) in [5.41, 5.74) is 1.07. The molecule has 4 heteroatoms. The lowest BCUT2D eigenvalue weighted by Crippen LogP contribution is -2.46. The SMILES string of the molecule is COc1ccccc1[C@@H](C)NC(C)C(=O)NC1CCCC1. The Labute approximate surface area is 127 Å². The number of hydrogen-bond acceptors (Lipinski definition) is 3. The van der Waals surface area contributed by atoms with Gasteiger partial charge in [-0.3, -0.25) is 10.1 Å². The second-order valence-corrected chi connectivity index (χ2v) is 5.84. The van der Waals surface area contributed by atoms with Crippen molar-refractivity contribution >= 4 is 5.91 Å². The van der Waals surface area contributed by atoms with Crippen LogP contribution in [0, 0.1) is 0 Å². The van der Waals surface area contributed by atoms with Crippen LogP contribution in [-0.4, -0.2) is 25.1 Å². The monoisotopic (exact) mass is 290 g/mol. The molecule has 1 aromatic rings. The Kier molecular flexibility index (Phi) is 5.62. The van der Waals surface area contributed by atoms with E-state index in [1.54, 1.807) is 7.11 Å². The van der Waals surface area contributed by atoms with E-state index in [1.165, 1.54) is 12.8 Å². The fourth-order valence-corrected chi connectivity index (χ4v) is 2.96. The summed E-state index contributed by atoms with van der Waals surface area (Å²) >= 11 is 0. The van der Waals surface area contributed by atoms with E-state index in [0.717, 1.165) is 24.2 Å². The summed E-state index contributed by atoms with van der Waals surface area (Å²) in [4.78, 5) is 12.2. The predicted molar refractivity (Wildman–Crippen MR) is 84.4 cm³/mol. The van der Waals surface area contributed by atoms with Crippen molar-refractivity contribution < 1.29 is 9.53 Å². The zero-order chi connectivity index (χ0) is 15.2. The van der Waals surface area contributed by atoms with Crippen molar-refractivity contribution in [2.45, 2.75) is 57.7 Å². The van der Waals surface area contributed by atoms with Crippen molar-refractivity contribution in [1.29, 1.82) is 0 Å². The van der Waals surface area contributed by atoms with E-state index in [2.05, 4.69) is 17.6 Å². The molecule has 2 N–H and O–H groups in total. The smallest absolute Gasteiger partial charge is 0.237 e. The summed E-state index contributed by atoms with van der Waals surface area (Å²) in [5.74, 6) is 0.935. The highest BCUT2D eigenvalue weighted by Gasteiger charge is 2.22. The number of methoxy groups -OCH3 is 1. The summed E-state index contributed by atoms with van der Waals surface area (Å²) in [7, 11) is 1.67. The fourth-order valence-electron chi connectivity index (χ4n) is 2.96. The largest absolute Gasteiger partial charge is 0.496 e. The second kappa shape index (κ2) is 7.46. The van der Waals surface area contributed by atoms with Crippen LogP contribution in [0.25, 0.3) is 0 Å². The highest BCUT2D eigenvalue weighted by molar-refractivity contribution is 5.81. The molecule has 0 heterocycles. The average Bonchev–Trinajstić information content (AvgIpc) is 2.99. The molecule has 0 spiro atoms. The fraction of sp³-hybridized carbons (Fsp3) is 0.588. The molecule has 4 nitrogen and oxygen atoms in total. The molecule has 1 aliphatic carbocycles. The van der Waals surface area contributed by atoms with Crippen LogP contribution in [0.2, 0.25) is 0 Å². The molecule has 2 rings (SSSR count).